The van der Waals surface area contributed by atoms with Gasteiger partial charge >= 0.3 is 0 Å². The van der Waals surface area contributed by atoms with E-state index in [1.165, 1.54) is 11.1 Å². The molecule has 0 radical (unpaired) electrons. The Morgan fingerprint density at radius 1 is 1.00 bits per heavy atom. The van der Waals surface area contributed by atoms with Crippen molar-refractivity contribution >= 4 is 5.91 Å². The highest BCUT2D eigenvalue weighted by Gasteiger charge is 2.09. The number of hydrogen-bond donors (Lipinski definition) is 1. The fraction of sp³-hybridized carbons (Fsp3) is 0.316. The maximum Gasteiger partial charge on any atom is 0.251 e. The van der Waals surface area contributed by atoms with Crippen LogP contribution in [0.5, 0.6) is 11.5 Å². The van der Waals surface area contributed by atoms with Gasteiger partial charge in [-0.15, -0.1) is 0 Å². The van der Waals surface area contributed by atoms with E-state index in [1.54, 1.807) is 32.4 Å². The molecule has 1 N–H and O–H groups in total. The summed E-state index contributed by atoms with van der Waals surface area (Å²) >= 11 is 0. The zero-order valence-electron chi connectivity index (χ0n) is 13.9. The molecule has 1 amide bonds. The fourth-order valence-corrected chi connectivity index (χ4v) is 2.29. The van der Waals surface area contributed by atoms with E-state index in [0.717, 1.165) is 12.8 Å². The molecule has 0 aliphatic heterocycles. The molecule has 0 atom stereocenters. The molecule has 2 aromatic carbocycles. The van der Waals surface area contributed by atoms with Crippen LogP contribution >= 0.6 is 0 Å². The van der Waals surface area contributed by atoms with Crippen molar-refractivity contribution in [3.05, 3.63) is 59.2 Å². The van der Waals surface area contributed by atoms with Crippen molar-refractivity contribution < 1.29 is 14.3 Å². The summed E-state index contributed by atoms with van der Waals surface area (Å²) in [7, 11) is 3.13. The van der Waals surface area contributed by atoms with E-state index >= 15 is 0 Å². The predicted molar refractivity (Wildman–Crippen MR) is 91.4 cm³/mol. The van der Waals surface area contributed by atoms with E-state index in [-0.39, 0.29) is 5.91 Å². The quantitative estimate of drug-likeness (QED) is 0.797. The molecular formula is C19H23NO3. The summed E-state index contributed by atoms with van der Waals surface area (Å²) in [6, 6.07) is 13.6. The molecule has 2 rings (SSSR count). The maximum absolute atomic E-state index is 12.2. The van der Waals surface area contributed by atoms with Crippen LogP contribution in [0.2, 0.25) is 0 Å². The lowest BCUT2D eigenvalue weighted by atomic mass is 10.1. The Morgan fingerprint density at radius 3 is 2.17 bits per heavy atom. The molecule has 0 heterocycles. The van der Waals surface area contributed by atoms with E-state index in [0.29, 0.717) is 23.6 Å². The molecule has 4 nitrogen and oxygen atoms in total. The highest BCUT2D eigenvalue weighted by Crippen LogP contribution is 2.22. The third kappa shape index (κ3) is 5.02. The van der Waals surface area contributed by atoms with E-state index in [1.807, 2.05) is 0 Å². The van der Waals surface area contributed by atoms with Gasteiger partial charge in [-0.2, -0.15) is 0 Å². The van der Waals surface area contributed by atoms with Crippen LogP contribution in [0.3, 0.4) is 0 Å². The summed E-state index contributed by atoms with van der Waals surface area (Å²) in [6.07, 6.45) is 1.85. The molecule has 23 heavy (non-hydrogen) atoms. The summed E-state index contributed by atoms with van der Waals surface area (Å²) in [4.78, 5) is 12.2. The number of aryl methyl sites for hydroxylation is 2. The first kappa shape index (κ1) is 16.9. The Hall–Kier alpha value is -2.49. The standard InChI is InChI=1S/C19H23NO3/c1-14-6-8-15(9-7-14)5-4-10-20-19(21)16-11-17(22-2)13-18(12-16)23-3/h6-9,11-13H,4-5,10H2,1-3H3,(H,20,21). The Morgan fingerprint density at radius 2 is 1.61 bits per heavy atom. The molecule has 0 unspecified atom stereocenters. The van der Waals surface area contributed by atoms with Crippen LogP contribution in [0.25, 0.3) is 0 Å². The van der Waals surface area contributed by atoms with Gasteiger partial charge in [-0.1, -0.05) is 29.8 Å². The van der Waals surface area contributed by atoms with E-state index in [9.17, 15) is 4.79 Å². The third-order valence-electron chi connectivity index (χ3n) is 3.66. The number of carbonyl (C=O) groups is 1. The van der Waals surface area contributed by atoms with Crippen LogP contribution in [-0.2, 0) is 6.42 Å². The summed E-state index contributed by atoms with van der Waals surface area (Å²) in [5.74, 6) is 1.09. The first-order valence-corrected chi connectivity index (χ1v) is 7.69. The van der Waals surface area contributed by atoms with E-state index in [4.69, 9.17) is 9.47 Å². The van der Waals surface area contributed by atoms with Crippen molar-refractivity contribution in [1.82, 2.24) is 5.32 Å². The Kier molecular flexibility index (Phi) is 6.03. The van der Waals surface area contributed by atoms with Crippen LogP contribution in [-0.4, -0.2) is 26.7 Å². The molecule has 0 aliphatic carbocycles. The molecule has 0 aliphatic rings. The molecule has 0 saturated heterocycles. The second-order valence-corrected chi connectivity index (χ2v) is 5.45. The second kappa shape index (κ2) is 8.22. The SMILES string of the molecule is COc1cc(OC)cc(C(=O)NCCCc2ccc(C)cc2)c1. The molecule has 0 bridgehead atoms. The monoisotopic (exact) mass is 313 g/mol. The lowest BCUT2D eigenvalue weighted by molar-refractivity contribution is 0.0952. The number of ether oxygens (including phenoxy) is 2. The second-order valence-electron chi connectivity index (χ2n) is 5.45. The smallest absolute Gasteiger partial charge is 0.251 e. The summed E-state index contributed by atoms with van der Waals surface area (Å²) in [5.41, 5.74) is 3.08. The lowest BCUT2D eigenvalue weighted by Crippen LogP contribution is -2.24. The zero-order chi connectivity index (χ0) is 16.7. The van der Waals surface area contributed by atoms with Gasteiger partial charge in [0.15, 0.2) is 0 Å². The third-order valence-corrected chi connectivity index (χ3v) is 3.66. The maximum atomic E-state index is 12.2. The van der Waals surface area contributed by atoms with Crippen LogP contribution in [0, 0.1) is 6.92 Å². The minimum Gasteiger partial charge on any atom is -0.497 e. The Bertz CT molecular complexity index is 628. The minimum atomic E-state index is -0.119. The summed E-state index contributed by atoms with van der Waals surface area (Å²) < 4.78 is 10.4. The van der Waals surface area contributed by atoms with Crippen molar-refractivity contribution in [3.8, 4) is 11.5 Å². The van der Waals surface area contributed by atoms with Crippen LogP contribution in [0.15, 0.2) is 42.5 Å². The highest BCUT2D eigenvalue weighted by atomic mass is 16.5. The van der Waals surface area contributed by atoms with Gasteiger partial charge in [-0.25, -0.2) is 0 Å². The van der Waals surface area contributed by atoms with Crippen LogP contribution < -0.4 is 14.8 Å². The van der Waals surface area contributed by atoms with Crippen molar-refractivity contribution in [2.45, 2.75) is 19.8 Å². The molecular weight excluding hydrogens is 290 g/mol. The summed E-state index contributed by atoms with van der Waals surface area (Å²) in [5, 5.41) is 2.93. The first-order chi connectivity index (χ1) is 11.1. The largest absolute Gasteiger partial charge is 0.497 e. The van der Waals surface area contributed by atoms with E-state index in [2.05, 4.69) is 36.5 Å². The number of hydrogen-bond acceptors (Lipinski definition) is 3. The number of nitrogens with one attached hydrogen (secondary N) is 1. The normalized spacial score (nSPS) is 10.2. The van der Waals surface area contributed by atoms with Crippen LogP contribution in [0.1, 0.15) is 27.9 Å². The molecule has 2 aromatic rings. The van der Waals surface area contributed by atoms with Crippen LogP contribution in [0.4, 0.5) is 0 Å². The average Bonchev–Trinajstić information content (AvgIpc) is 2.59. The average molecular weight is 313 g/mol. The molecule has 0 spiro atoms. The highest BCUT2D eigenvalue weighted by molar-refractivity contribution is 5.95. The molecule has 0 aromatic heterocycles. The Balaban J connectivity index is 1.86. The zero-order valence-corrected chi connectivity index (χ0v) is 13.9. The number of carbonyl (C=O) groups excluding carboxylic acids is 1. The van der Waals surface area contributed by atoms with Gasteiger partial charge in [0.25, 0.3) is 5.91 Å². The lowest BCUT2D eigenvalue weighted by Gasteiger charge is -2.09. The first-order valence-electron chi connectivity index (χ1n) is 7.69. The van der Waals surface area contributed by atoms with Gasteiger partial charge in [0, 0.05) is 18.2 Å². The molecule has 0 fully saturated rings. The van der Waals surface area contributed by atoms with E-state index < -0.39 is 0 Å². The van der Waals surface area contributed by atoms with Gasteiger partial charge in [-0.05, 0) is 37.5 Å². The molecule has 0 saturated carbocycles. The predicted octanol–water partition coefficient (Wildman–Crippen LogP) is 3.37. The summed E-state index contributed by atoms with van der Waals surface area (Å²) in [6.45, 7) is 2.71. The number of amides is 1. The van der Waals surface area contributed by atoms with Crippen molar-refractivity contribution in [3.63, 3.8) is 0 Å². The molecule has 4 heteroatoms. The Labute approximate surface area is 137 Å². The van der Waals surface area contributed by atoms with Gasteiger partial charge in [0.1, 0.15) is 11.5 Å². The fourth-order valence-electron chi connectivity index (χ4n) is 2.29. The number of benzene rings is 2. The van der Waals surface area contributed by atoms with Gasteiger partial charge in [0.2, 0.25) is 0 Å². The number of rotatable bonds is 7. The van der Waals surface area contributed by atoms with Crippen molar-refractivity contribution in [2.75, 3.05) is 20.8 Å². The van der Waals surface area contributed by atoms with Crippen molar-refractivity contribution in [1.29, 1.82) is 0 Å². The van der Waals surface area contributed by atoms with Crippen molar-refractivity contribution in [2.24, 2.45) is 0 Å². The van der Waals surface area contributed by atoms with Gasteiger partial charge in [0.05, 0.1) is 14.2 Å². The molecule has 122 valence electrons. The topological polar surface area (TPSA) is 47.6 Å². The number of methoxy groups -OCH3 is 2. The van der Waals surface area contributed by atoms with Gasteiger partial charge in [-0.3, -0.25) is 4.79 Å². The van der Waals surface area contributed by atoms with Gasteiger partial charge < -0.3 is 14.8 Å². The minimum absolute atomic E-state index is 0.119.